The number of nitrogens with zero attached hydrogens (tertiary/aromatic N) is 1. The van der Waals surface area contributed by atoms with E-state index in [-0.39, 0.29) is 0 Å². The average Bonchev–Trinajstić information content (AvgIpc) is 2.95. The van der Waals surface area contributed by atoms with Gasteiger partial charge in [-0.2, -0.15) is 0 Å². The molecule has 0 amide bonds. The van der Waals surface area contributed by atoms with Gasteiger partial charge >= 0.3 is 0 Å². The van der Waals surface area contributed by atoms with Crippen LogP contribution in [0.3, 0.4) is 0 Å². The van der Waals surface area contributed by atoms with Gasteiger partial charge in [0.15, 0.2) is 0 Å². The summed E-state index contributed by atoms with van der Waals surface area (Å²) in [6.07, 6.45) is 9.94. The average molecular weight is 270 g/mol. The summed E-state index contributed by atoms with van der Waals surface area (Å²) < 4.78 is 0. The summed E-state index contributed by atoms with van der Waals surface area (Å²) in [6, 6.07) is 7.95. The molecule has 2 heterocycles. The smallest absolute Gasteiger partial charge is 0.0373 e. The maximum Gasteiger partial charge on any atom is 0.0373 e. The van der Waals surface area contributed by atoms with Gasteiger partial charge in [-0.05, 0) is 61.8 Å². The summed E-state index contributed by atoms with van der Waals surface area (Å²) in [5, 5.41) is 3.46. The van der Waals surface area contributed by atoms with E-state index in [0.29, 0.717) is 0 Å². The van der Waals surface area contributed by atoms with Crippen LogP contribution in [0.1, 0.15) is 49.7 Å². The molecule has 1 aromatic carbocycles. The second kappa shape index (κ2) is 5.40. The molecule has 1 saturated carbocycles. The minimum atomic E-state index is 0.879. The minimum Gasteiger partial charge on any atom is -0.384 e. The largest absolute Gasteiger partial charge is 0.384 e. The Morgan fingerprint density at radius 2 is 2.00 bits per heavy atom. The van der Waals surface area contributed by atoms with Crippen LogP contribution < -0.4 is 5.32 Å². The third-order valence-corrected chi connectivity index (χ3v) is 5.62. The Kier molecular flexibility index (Phi) is 3.43. The number of piperidine rings is 1. The van der Waals surface area contributed by atoms with Crippen LogP contribution >= 0.6 is 0 Å². The highest BCUT2D eigenvalue weighted by Gasteiger charge is 2.32. The molecule has 0 radical (unpaired) electrons. The van der Waals surface area contributed by atoms with Gasteiger partial charge in [0, 0.05) is 24.8 Å². The Morgan fingerprint density at radius 1 is 1.10 bits per heavy atom. The van der Waals surface area contributed by atoms with Gasteiger partial charge in [-0.15, -0.1) is 0 Å². The first-order valence-electron chi connectivity index (χ1n) is 8.50. The van der Waals surface area contributed by atoms with E-state index >= 15 is 0 Å². The fraction of sp³-hybridized carbons (Fsp3) is 0.667. The molecule has 2 fully saturated rings. The molecule has 3 aliphatic rings. The molecule has 1 N–H and O–H groups in total. The number of hydrogen-bond donors (Lipinski definition) is 1. The van der Waals surface area contributed by atoms with E-state index in [9.17, 15) is 0 Å². The number of hydrogen-bond acceptors (Lipinski definition) is 2. The number of fused-ring (bicyclic) bond motifs is 2. The van der Waals surface area contributed by atoms with Gasteiger partial charge in [0.25, 0.3) is 0 Å². The molecule has 2 aliphatic heterocycles. The summed E-state index contributed by atoms with van der Waals surface area (Å²) >= 11 is 0. The van der Waals surface area contributed by atoms with Crippen molar-refractivity contribution in [3.63, 3.8) is 0 Å². The van der Waals surface area contributed by atoms with Gasteiger partial charge in [0.05, 0.1) is 0 Å². The quantitative estimate of drug-likeness (QED) is 0.879. The first-order chi connectivity index (χ1) is 9.90. The number of benzene rings is 1. The van der Waals surface area contributed by atoms with Crippen LogP contribution in [0.2, 0.25) is 0 Å². The van der Waals surface area contributed by atoms with Gasteiger partial charge in [-0.25, -0.2) is 0 Å². The summed E-state index contributed by atoms with van der Waals surface area (Å²) in [5.41, 5.74) is 4.42. The molecule has 0 bridgehead atoms. The molecule has 1 aliphatic carbocycles. The van der Waals surface area contributed by atoms with Crippen molar-refractivity contribution in [2.24, 2.45) is 5.92 Å². The van der Waals surface area contributed by atoms with E-state index in [2.05, 4.69) is 28.4 Å². The molecule has 4 rings (SSSR count). The number of anilines is 1. The van der Waals surface area contributed by atoms with E-state index in [1.54, 1.807) is 0 Å². The number of nitrogens with one attached hydrogen (secondary N) is 1. The molecule has 2 nitrogen and oxygen atoms in total. The highest BCUT2D eigenvalue weighted by molar-refractivity contribution is 5.56. The van der Waals surface area contributed by atoms with Crippen molar-refractivity contribution in [1.29, 1.82) is 0 Å². The van der Waals surface area contributed by atoms with E-state index < -0.39 is 0 Å². The van der Waals surface area contributed by atoms with Crippen molar-refractivity contribution >= 4 is 5.69 Å². The third kappa shape index (κ3) is 2.35. The highest BCUT2D eigenvalue weighted by Crippen LogP contribution is 2.36. The number of rotatable bonds is 2. The van der Waals surface area contributed by atoms with Gasteiger partial charge in [-0.3, -0.25) is 4.90 Å². The Labute approximate surface area is 122 Å². The fourth-order valence-electron chi connectivity index (χ4n) is 4.62. The molecule has 0 spiro atoms. The lowest BCUT2D eigenvalue weighted by Crippen LogP contribution is -2.46. The summed E-state index contributed by atoms with van der Waals surface area (Å²) in [5.74, 6) is 0.994. The molecule has 0 aromatic heterocycles. The molecule has 0 unspecified atom stereocenters. The van der Waals surface area contributed by atoms with Crippen molar-refractivity contribution in [3.05, 3.63) is 29.3 Å². The van der Waals surface area contributed by atoms with Crippen molar-refractivity contribution in [2.75, 3.05) is 18.4 Å². The first kappa shape index (κ1) is 12.7. The zero-order chi connectivity index (χ0) is 13.4. The predicted octanol–water partition coefficient (Wildman–Crippen LogP) is 3.81. The monoisotopic (exact) mass is 270 g/mol. The summed E-state index contributed by atoms with van der Waals surface area (Å²) in [4.78, 5) is 2.79. The second-order valence-corrected chi connectivity index (χ2v) is 6.89. The molecular formula is C18H26N2. The molecule has 2 atom stereocenters. The maximum atomic E-state index is 3.46. The Bertz CT molecular complexity index is 480. The SMILES string of the molecule is c1cc2c(cc1CN1CCC[C@H]3CCCC[C@H]31)CCN2. The van der Waals surface area contributed by atoms with Crippen molar-refractivity contribution in [1.82, 2.24) is 4.90 Å². The summed E-state index contributed by atoms with van der Waals surface area (Å²) in [7, 11) is 0. The number of likely N-dealkylation sites (tertiary alicyclic amines) is 1. The zero-order valence-corrected chi connectivity index (χ0v) is 12.4. The Balaban J connectivity index is 1.50. The minimum absolute atomic E-state index is 0.879. The van der Waals surface area contributed by atoms with Crippen LogP contribution in [0.15, 0.2) is 18.2 Å². The standard InChI is InChI=1S/C18H26N2/c1-2-6-18-15(4-1)5-3-11-20(18)13-14-7-8-17-16(12-14)9-10-19-17/h7-8,12,15,18-19H,1-6,9-11,13H2/t15-,18-/m1/s1. The molecule has 1 saturated heterocycles. The van der Waals surface area contributed by atoms with Crippen molar-refractivity contribution in [2.45, 2.75) is 57.5 Å². The second-order valence-electron chi connectivity index (χ2n) is 6.89. The van der Waals surface area contributed by atoms with Gasteiger partial charge in [0.2, 0.25) is 0 Å². The van der Waals surface area contributed by atoms with Crippen LogP contribution in [0.25, 0.3) is 0 Å². The van der Waals surface area contributed by atoms with E-state index in [1.807, 2.05) is 0 Å². The van der Waals surface area contributed by atoms with Crippen LogP contribution in [-0.2, 0) is 13.0 Å². The summed E-state index contributed by atoms with van der Waals surface area (Å²) in [6.45, 7) is 3.61. The molecule has 20 heavy (non-hydrogen) atoms. The fourth-order valence-corrected chi connectivity index (χ4v) is 4.62. The van der Waals surface area contributed by atoms with Gasteiger partial charge < -0.3 is 5.32 Å². The molecule has 108 valence electrons. The lowest BCUT2D eigenvalue weighted by atomic mass is 9.78. The van der Waals surface area contributed by atoms with Gasteiger partial charge in [0.1, 0.15) is 0 Å². The topological polar surface area (TPSA) is 15.3 Å². The van der Waals surface area contributed by atoms with Crippen molar-refractivity contribution < 1.29 is 0 Å². The zero-order valence-electron chi connectivity index (χ0n) is 12.4. The van der Waals surface area contributed by atoms with E-state index in [1.165, 1.54) is 74.8 Å². The normalized spacial score (nSPS) is 29.6. The van der Waals surface area contributed by atoms with Crippen LogP contribution in [0, 0.1) is 5.92 Å². The van der Waals surface area contributed by atoms with Crippen LogP contribution in [0.4, 0.5) is 5.69 Å². The van der Waals surface area contributed by atoms with Crippen LogP contribution in [-0.4, -0.2) is 24.0 Å². The molecular weight excluding hydrogens is 244 g/mol. The highest BCUT2D eigenvalue weighted by atomic mass is 15.2. The van der Waals surface area contributed by atoms with E-state index in [0.717, 1.165) is 18.5 Å². The molecule has 1 aromatic rings. The predicted molar refractivity (Wildman–Crippen MR) is 84.0 cm³/mol. The van der Waals surface area contributed by atoms with Gasteiger partial charge in [-0.1, -0.05) is 25.0 Å². The Morgan fingerprint density at radius 3 is 3.00 bits per heavy atom. The van der Waals surface area contributed by atoms with E-state index in [4.69, 9.17) is 0 Å². The lowest BCUT2D eigenvalue weighted by Gasteiger charge is -2.44. The third-order valence-electron chi connectivity index (χ3n) is 5.62. The first-order valence-corrected chi connectivity index (χ1v) is 8.50. The maximum absolute atomic E-state index is 3.46. The van der Waals surface area contributed by atoms with Crippen LogP contribution in [0.5, 0.6) is 0 Å². The van der Waals surface area contributed by atoms with Crippen molar-refractivity contribution in [3.8, 4) is 0 Å². The Hall–Kier alpha value is -1.02. The lowest BCUT2D eigenvalue weighted by molar-refractivity contribution is 0.0547. The molecule has 2 heteroatoms.